The van der Waals surface area contributed by atoms with E-state index in [9.17, 15) is 0 Å². The maximum absolute atomic E-state index is 5.09. The molecule has 0 aromatic heterocycles. The second-order valence-corrected chi connectivity index (χ2v) is 12.9. The van der Waals surface area contributed by atoms with Crippen molar-refractivity contribution in [2.45, 2.75) is 118 Å². The van der Waals surface area contributed by atoms with Crippen LogP contribution in [0.2, 0.25) is 0 Å². The Bertz CT molecular complexity index is 1090. The fourth-order valence-corrected chi connectivity index (χ4v) is 5.30. The molecule has 45 heavy (non-hydrogen) atoms. The second kappa shape index (κ2) is 20.8. The van der Waals surface area contributed by atoms with Gasteiger partial charge in [-0.3, -0.25) is 0 Å². The first-order valence-electron chi connectivity index (χ1n) is 16.7. The molecule has 0 saturated carbocycles. The van der Waals surface area contributed by atoms with Crippen LogP contribution < -0.4 is 0 Å². The standard InChI is InChI=1S/C32H41N2.2C4H7O.Cr/c1-21(2)27-14-10-15-28(22(3)4)31(27)33-19-25-12-9-13-26(18-25)20-34-32-29(23(5)6)16-11-17-30(32)24(7)8;2*1-2-4-5-3-1;/h9-17,21-24H,19-20H2,1-8H3;2*3H,1-2,4H2;/q-3;2*-1;+5. The number of para-hydroxylation sites is 2. The van der Waals surface area contributed by atoms with Gasteiger partial charge in [-0.15, -0.1) is 24.5 Å². The first-order valence-corrected chi connectivity index (χ1v) is 16.7. The van der Waals surface area contributed by atoms with E-state index < -0.39 is 0 Å². The summed E-state index contributed by atoms with van der Waals surface area (Å²) in [6, 6.07) is 23.1. The summed E-state index contributed by atoms with van der Waals surface area (Å²) >= 11 is 0. The minimum absolute atomic E-state index is 0. The fraction of sp³-hybridized carbons (Fsp3) is 0.500. The van der Waals surface area contributed by atoms with Crippen LogP contribution in [-0.4, -0.2) is 13.2 Å². The zero-order valence-corrected chi connectivity index (χ0v) is 30.2. The van der Waals surface area contributed by atoms with E-state index in [-0.39, 0.29) is 17.4 Å². The molecule has 1 radical (unpaired) electrons. The molecule has 0 unspecified atom stereocenters. The van der Waals surface area contributed by atoms with Crippen molar-refractivity contribution in [2.24, 2.45) is 0 Å². The van der Waals surface area contributed by atoms with Gasteiger partial charge < -0.3 is 20.1 Å². The third-order valence-electron chi connectivity index (χ3n) is 7.82. The van der Waals surface area contributed by atoms with Crippen molar-refractivity contribution in [3.8, 4) is 0 Å². The van der Waals surface area contributed by atoms with E-state index in [0.29, 0.717) is 36.8 Å². The molecule has 2 aliphatic rings. The molecule has 4 nitrogen and oxygen atoms in total. The molecule has 5 rings (SSSR count). The smallest absolute Gasteiger partial charge is 0.682 e. The van der Waals surface area contributed by atoms with Crippen LogP contribution in [0.3, 0.4) is 0 Å². The first-order chi connectivity index (χ1) is 21.2. The van der Waals surface area contributed by atoms with E-state index in [1.165, 1.54) is 35.1 Å². The van der Waals surface area contributed by atoms with Gasteiger partial charge in [-0.05, 0) is 23.7 Å². The Hall–Kier alpha value is -2.29. The van der Waals surface area contributed by atoms with Gasteiger partial charge in [-0.1, -0.05) is 127 Å². The van der Waals surface area contributed by atoms with E-state index in [1.54, 1.807) is 0 Å². The predicted molar refractivity (Wildman–Crippen MR) is 187 cm³/mol. The average molecular weight is 648 g/mol. The van der Waals surface area contributed by atoms with E-state index in [1.807, 2.05) is 13.2 Å². The normalized spacial score (nSPS) is 14.1. The zero-order valence-electron chi connectivity index (χ0n) is 28.9. The number of rotatable bonds is 10. The average Bonchev–Trinajstić information content (AvgIpc) is 3.79. The van der Waals surface area contributed by atoms with Crippen molar-refractivity contribution in [2.75, 3.05) is 13.2 Å². The number of benzene rings is 3. The fourth-order valence-electron chi connectivity index (χ4n) is 5.30. The quantitative estimate of drug-likeness (QED) is 0.206. The number of ether oxygens (including phenoxy) is 2. The van der Waals surface area contributed by atoms with Gasteiger partial charge in [-0.25, -0.2) is 13.2 Å². The maximum Gasteiger partial charge on any atom is 5.00 e. The van der Waals surface area contributed by atoms with Gasteiger partial charge in [0.15, 0.2) is 0 Å². The van der Waals surface area contributed by atoms with Crippen LogP contribution in [0.1, 0.15) is 138 Å². The van der Waals surface area contributed by atoms with Crippen LogP contribution in [-0.2, 0) is 39.9 Å². The second-order valence-electron chi connectivity index (χ2n) is 12.9. The molecule has 0 bridgehead atoms. The van der Waals surface area contributed by atoms with Crippen LogP contribution in [0.4, 0.5) is 11.4 Å². The van der Waals surface area contributed by atoms with Gasteiger partial charge in [0, 0.05) is 13.2 Å². The van der Waals surface area contributed by atoms with Gasteiger partial charge in [0.05, 0.1) is 0 Å². The van der Waals surface area contributed by atoms with Crippen molar-refractivity contribution in [1.82, 2.24) is 0 Å². The Morgan fingerprint density at radius 1 is 0.578 bits per heavy atom. The zero-order chi connectivity index (χ0) is 31.9. The molecule has 2 heterocycles. The van der Waals surface area contributed by atoms with Crippen LogP contribution in [0, 0.1) is 19.3 Å². The summed E-state index contributed by atoms with van der Waals surface area (Å²) in [5, 5.41) is 10.2. The molecule has 2 aliphatic heterocycles. The topological polar surface area (TPSA) is 46.7 Å². The van der Waals surface area contributed by atoms with E-state index in [0.717, 1.165) is 48.6 Å². The van der Waals surface area contributed by atoms with Crippen LogP contribution in [0.5, 0.6) is 0 Å². The molecule has 3 aromatic carbocycles. The van der Waals surface area contributed by atoms with Crippen molar-refractivity contribution >= 4 is 11.4 Å². The molecular weight excluding hydrogens is 592 g/mol. The van der Waals surface area contributed by atoms with Crippen LogP contribution in [0.15, 0.2) is 54.6 Å². The molecule has 2 saturated heterocycles. The molecule has 243 valence electrons. The van der Waals surface area contributed by atoms with E-state index >= 15 is 0 Å². The maximum atomic E-state index is 5.09. The summed E-state index contributed by atoms with van der Waals surface area (Å²) in [6.45, 7) is 24.8. The Kier molecular flexibility index (Phi) is 17.9. The van der Waals surface area contributed by atoms with Crippen molar-refractivity contribution in [3.05, 3.63) is 118 Å². The Labute approximate surface area is 286 Å². The summed E-state index contributed by atoms with van der Waals surface area (Å²) in [6.07, 6.45) is 4.75. The summed E-state index contributed by atoms with van der Waals surface area (Å²) in [4.78, 5) is 0. The Balaban J connectivity index is 0.000000540. The Morgan fingerprint density at radius 2 is 0.911 bits per heavy atom. The Morgan fingerprint density at radius 3 is 1.16 bits per heavy atom. The summed E-state index contributed by atoms with van der Waals surface area (Å²) in [5.41, 5.74) is 9.83. The van der Waals surface area contributed by atoms with Crippen LogP contribution in [0.25, 0.3) is 10.6 Å². The van der Waals surface area contributed by atoms with Crippen LogP contribution >= 0.6 is 0 Å². The summed E-state index contributed by atoms with van der Waals surface area (Å²) in [7, 11) is 0. The minimum atomic E-state index is 0. The minimum Gasteiger partial charge on any atom is -0.682 e. The summed E-state index contributed by atoms with van der Waals surface area (Å²) < 4.78 is 9.64. The molecular formula is C40H55CrN2O2. The van der Waals surface area contributed by atoms with Gasteiger partial charge >= 0.3 is 17.4 Å². The van der Waals surface area contributed by atoms with Gasteiger partial charge in [0.2, 0.25) is 0 Å². The van der Waals surface area contributed by atoms with Crippen molar-refractivity contribution in [3.63, 3.8) is 0 Å². The third-order valence-corrected chi connectivity index (χ3v) is 7.82. The molecule has 0 amide bonds. The summed E-state index contributed by atoms with van der Waals surface area (Å²) in [5.74, 6) is 1.79. The van der Waals surface area contributed by atoms with Gasteiger partial charge in [0.1, 0.15) is 0 Å². The SMILES string of the molecule is CC(C)c1cccc(C(C)C)c1[N-]Cc1[c-]c(C[N-]c2c(C(C)C)cccc2C(C)C)ccc1.[CH-]1CCCO1.[CH-]1CCCO1.[Cr+5]. The largest absolute Gasteiger partial charge is 5.00 e. The van der Waals surface area contributed by atoms with Crippen molar-refractivity contribution in [1.29, 1.82) is 0 Å². The molecule has 0 N–H and O–H groups in total. The monoisotopic (exact) mass is 647 g/mol. The van der Waals surface area contributed by atoms with Gasteiger partial charge in [0.25, 0.3) is 0 Å². The molecule has 5 heteroatoms. The third kappa shape index (κ3) is 12.8. The number of hydrogen-bond donors (Lipinski definition) is 0. The molecule has 0 spiro atoms. The van der Waals surface area contributed by atoms with Gasteiger partial charge in [-0.2, -0.15) is 48.2 Å². The molecule has 3 aromatic rings. The number of hydrogen-bond acceptors (Lipinski definition) is 2. The molecule has 0 atom stereocenters. The predicted octanol–water partition coefficient (Wildman–Crippen LogP) is 12.3. The molecule has 2 fully saturated rings. The first kappa shape index (κ1) is 38.9. The van der Waals surface area contributed by atoms with E-state index in [2.05, 4.69) is 116 Å². The van der Waals surface area contributed by atoms with E-state index in [4.69, 9.17) is 20.1 Å². The van der Waals surface area contributed by atoms with Crippen molar-refractivity contribution < 1.29 is 26.8 Å². The number of nitrogens with zero attached hydrogens (tertiary/aromatic N) is 2. The molecule has 0 aliphatic carbocycles.